The number of nitrogens with one attached hydrogen (secondary N) is 1. The Morgan fingerprint density at radius 1 is 1.00 bits per heavy atom. The fourth-order valence-electron chi connectivity index (χ4n) is 2.65. The fraction of sp³-hybridized carbons (Fsp3) is 1.00. The number of likely N-dealkylation sites (N-methyl/N-ethyl adjacent to an activating group) is 1. The molecule has 1 fully saturated rings. The zero-order valence-corrected chi connectivity index (χ0v) is 11.3. The highest BCUT2D eigenvalue weighted by molar-refractivity contribution is 4.71. The summed E-state index contributed by atoms with van der Waals surface area (Å²) in [6, 6.07) is 0.808. The van der Waals surface area contributed by atoms with Crippen molar-refractivity contribution >= 4 is 0 Å². The number of hydrogen-bond donors (Lipinski definition) is 1. The van der Waals surface area contributed by atoms with Crippen LogP contribution >= 0.6 is 0 Å². The van der Waals surface area contributed by atoms with Gasteiger partial charge in [-0.2, -0.15) is 0 Å². The minimum Gasteiger partial charge on any atom is -0.313 e. The third-order valence-corrected chi connectivity index (χ3v) is 3.70. The molecule has 0 aromatic heterocycles. The van der Waals surface area contributed by atoms with Crippen molar-refractivity contribution in [3.63, 3.8) is 0 Å². The molecule has 0 aromatic rings. The summed E-state index contributed by atoms with van der Waals surface area (Å²) in [7, 11) is 0. The van der Waals surface area contributed by atoms with E-state index in [2.05, 4.69) is 24.1 Å². The van der Waals surface area contributed by atoms with E-state index in [1.54, 1.807) is 0 Å². The van der Waals surface area contributed by atoms with Crippen molar-refractivity contribution in [3.8, 4) is 0 Å². The van der Waals surface area contributed by atoms with Crippen LogP contribution in [0.1, 0.15) is 58.8 Å². The maximum Gasteiger partial charge on any atom is 0.0107 e. The normalized spacial score (nSPS) is 18.9. The summed E-state index contributed by atoms with van der Waals surface area (Å²) >= 11 is 0. The molecule has 2 nitrogen and oxygen atoms in total. The molecule has 0 radical (unpaired) electrons. The molecule has 0 saturated heterocycles. The van der Waals surface area contributed by atoms with Crippen molar-refractivity contribution in [2.45, 2.75) is 64.8 Å². The Morgan fingerprint density at radius 3 is 2.25 bits per heavy atom. The van der Waals surface area contributed by atoms with E-state index in [1.165, 1.54) is 71.1 Å². The average Bonchev–Trinajstić information content (AvgIpc) is 2.56. The lowest BCUT2D eigenvalue weighted by atomic mass is 10.1. The average molecular weight is 226 g/mol. The third-order valence-electron chi connectivity index (χ3n) is 3.70. The molecule has 1 aliphatic rings. The van der Waals surface area contributed by atoms with Gasteiger partial charge in [-0.1, -0.05) is 39.5 Å². The van der Waals surface area contributed by atoms with Gasteiger partial charge in [0, 0.05) is 19.1 Å². The van der Waals surface area contributed by atoms with E-state index in [1.807, 2.05) is 0 Å². The van der Waals surface area contributed by atoms with Gasteiger partial charge >= 0.3 is 0 Å². The lowest BCUT2D eigenvalue weighted by Crippen LogP contribution is -2.37. The van der Waals surface area contributed by atoms with Gasteiger partial charge in [0.05, 0.1) is 0 Å². The SMILES string of the molecule is CCCN(CC)CCNC1CCCCCC1. The van der Waals surface area contributed by atoms with Gasteiger partial charge in [0.1, 0.15) is 0 Å². The molecule has 2 heteroatoms. The van der Waals surface area contributed by atoms with Crippen molar-refractivity contribution < 1.29 is 0 Å². The van der Waals surface area contributed by atoms with Crippen LogP contribution in [0, 0.1) is 0 Å². The van der Waals surface area contributed by atoms with E-state index in [0.717, 1.165) is 6.04 Å². The zero-order chi connectivity index (χ0) is 11.6. The first kappa shape index (κ1) is 14.0. The Labute approximate surface area is 102 Å². The summed E-state index contributed by atoms with van der Waals surface area (Å²) in [5, 5.41) is 3.74. The van der Waals surface area contributed by atoms with Crippen LogP contribution in [0.5, 0.6) is 0 Å². The van der Waals surface area contributed by atoms with Gasteiger partial charge in [0.25, 0.3) is 0 Å². The standard InChI is InChI=1S/C14H30N2/c1-3-12-16(4-2)13-11-15-14-9-7-5-6-8-10-14/h14-15H,3-13H2,1-2H3. The minimum atomic E-state index is 0.808. The first-order valence-electron chi connectivity index (χ1n) is 7.32. The molecule has 0 heterocycles. The molecule has 0 atom stereocenters. The Hall–Kier alpha value is -0.0800. The van der Waals surface area contributed by atoms with E-state index < -0.39 is 0 Å². The molecule has 0 unspecified atom stereocenters. The quantitative estimate of drug-likeness (QED) is 0.671. The van der Waals surface area contributed by atoms with Gasteiger partial charge in [0.2, 0.25) is 0 Å². The predicted molar refractivity (Wildman–Crippen MR) is 71.9 cm³/mol. The van der Waals surface area contributed by atoms with Crippen molar-refractivity contribution in [3.05, 3.63) is 0 Å². The van der Waals surface area contributed by atoms with Crippen molar-refractivity contribution in [1.29, 1.82) is 0 Å². The second-order valence-electron chi connectivity index (χ2n) is 5.08. The molecule has 1 saturated carbocycles. The van der Waals surface area contributed by atoms with Crippen molar-refractivity contribution in [2.24, 2.45) is 0 Å². The molecule has 16 heavy (non-hydrogen) atoms. The van der Waals surface area contributed by atoms with Gasteiger partial charge in [0.15, 0.2) is 0 Å². The smallest absolute Gasteiger partial charge is 0.0107 e. The molecule has 1 N–H and O–H groups in total. The van der Waals surface area contributed by atoms with Crippen LogP contribution in [0.15, 0.2) is 0 Å². The van der Waals surface area contributed by atoms with E-state index in [0.29, 0.717) is 0 Å². The maximum atomic E-state index is 3.74. The minimum absolute atomic E-state index is 0.808. The topological polar surface area (TPSA) is 15.3 Å². The Bertz CT molecular complexity index is 151. The van der Waals surface area contributed by atoms with Crippen LogP contribution < -0.4 is 5.32 Å². The lowest BCUT2D eigenvalue weighted by molar-refractivity contribution is 0.279. The highest BCUT2D eigenvalue weighted by Gasteiger charge is 2.11. The molecule has 0 aliphatic heterocycles. The van der Waals surface area contributed by atoms with Gasteiger partial charge in [-0.3, -0.25) is 0 Å². The van der Waals surface area contributed by atoms with Gasteiger partial charge < -0.3 is 10.2 Å². The largest absolute Gasteiger partial charge is 0.313 e. The van der Waals surface area contributed by atoms with Gasteiger partial charge in [-0.05, 0) is 32.4 Å². The summed E-state index contributed by atoms with van der Waals surface area (Å²) in [6.07, 6.45) is 9.86. The summed E-state index contributed by atoms with van der Waals surface area (Å²) < 4.78 is 0. The Morgan fingerprint density at radius 2 is 1.69 bits per heavy atom. The van der Waals surface area contributed by atoms with E-state index >= 15 is 0 Å². The van der Waals surface area contributed by atoms with Crippen molar-refractivity contribution in [1.82, 2.24) is 10.2 Å². The zero-order valence-electron chi connectivity index (χ0n) is 11.3. The van der Waals surface area contributed by atoms with E-state index in [4.69, 9.17) is 0 Å². The molecular weight excluding hydrogens is 196 g/mol. The van der Waals surface area contributed by atoms with Crippen LogP contribution in [-0.4, -0.2) is 37.1 Å². The predicted octanol–water partition coefficient (Wildman–Crippen LogP) is 3.03. The Kier molecular flexibility index (Phi) is 7.87. The summed E-state index contributed by atoms with van der Waals surface area (Å²) in [4.78, 5) is 2.55. The van der Waals surface area contributed by atoms with Crippen LogP contribution in [0.3, 0.4) is 0 Å². The molecular formula is C14H30N2. The third kappa shape index (κ3) is 5.86. The summed E-state index contributed by atoms with van der Waals surface area (Å²) in [6.45, 7) is 9.38. The van der Waals surface area contributed by atoms with Crippen LogP contribution in [0.25, 0.3) is 0 Å². The molecule has 1 aliphatic carbocycles. The highest BCUT2D eigenvalue weighted by atomic mass is 15.1. The number of rotatable bonds is 7. The van der Waals surface area contributed by atoms with Gasteiger partial charge in [-0.25, -0.2) is 0 Å². The van der Waals surface area contributed by atoms with Crippen molar-refractivity contribution in [2.75, 3.05) is 26.2 Å². The molecule has 0 amide bonds. The fourth-order valence-corrected chi connectivity index (χ4v) is 2.65. The van der Waals surface area contributed by atoms with Crippen LogP contribution in [0.4, 0.5) is 0 Å². The van der Waals surface area contributed by atoms with Gasteiger partial charge in [-0.15, -0.1) is 0 Å². The summed E-state index contributed by atoms with van der Waals surface area (Å²) in [5.41, 5.74) is 0. The Balaban J connectivity index is 2.08. The van der Waals surface area contributed by atoms with Crippen LogP contribution in [-0.2, 0) is 0 Å². The maximum absolute atomic E-state index is 3.74. The van der Waals surface area contributed by atoms with E-state index in [-0.39, 0.29) is 0 Å². The molecule has 0 aromatic carbocycles. The summed E-state index contributed by atoms with van der Waals surface area (Å²) in [5.74, 6) is 0. The monoisotopic (exact) mass is 226 g/mol. The lowest BCUT2D eigenvalue weighted by Gasteiger charge is -2.22. The second kappa shape index (κ2) is 9.00. The molecule has 0 bridgehead atoms. The molecule has 1 rings (SSSR count). The highest BCUT2D eigenvalue weighted by Crippen LogP contribution is 2.16. The molecule has 0 spiro atoms. The van der Waals surface area contributed by atoms with Crippen LogP contribution in [0.2, 0.25) is 0 Å². The molecule has 96 valence electrons. The number of hydrogen-bond acceptors (Lipinski definition) is 2. The second-order valence-corrected chi connectivity index (χ2v) is 5.08. The first-order valence-corrected chi connectivity index (χ1v) is 7.32. The van der Waals surface area contributed by atoms with E-state index in [9.17, 15) is 0 Å². The first-order chi connectivity index (χ1) is 7.86. The number of nitrogens with zero attached hydrogens (tertiary/aromatic N) is 1.